The molecule has 0 aliphatic carbocycles. The lowest BCUT2D eigenvalue weighted by molar-refractivity contribution is 0.649. The minimum absolute atomic E-state index is 0.333. The van der Waals surface area contributed by atoms with Crippen LogP contribution in [-0.4, -0.2) is 19.1 Å². The molecule has 1 unspecified atom stereocenters. The number of anilines is 1. The van der Waals surface area contributed by atoms with Crippen LogP contribution in [-0.2, 0) is 6.54 Å². The molecule has 1 N–H and O–H groups in total. The molecule has 0 aliphatic heterocycles. The zero-order valence-electron chi connectivity index (χ0n) is 11.4. The van der Waals surface area contributed by atoms with Crippen molar-refractivity contribution in [3.05, 3.63) is 44.7 Å². The van der Waals surface area contributed by atoms with Gasteiger partial charge in [-0.2, -0.15) is 0 Å². The van der Waals surface area contributed by atoms with Crippen molar-refractivity contribution in [2.45, 2.75) is 19.5 Å². The van der Waals surface area contributed by atoms with Crippen molar-refractivity contribution in [3.8, 4) is 0 Å². The molecule has 102 valence electrons. The summed E-state index contributed by atoms with van der Waals surface area (Å²) in [7, 11) is 4.02. The van der Waals surface area contributed by atoms with Crippen LogP contribution in [0.2, 0.25) is 0 Å². The van der Waals surface area contributed by atoms with Crippen molar-refractivity contribution in [1.82, 2.24) is 10.3 Å². The van der Waals surface area contributed by atoms with Crippen LogP contribution < -0.4 is 10.2 Å². The summed E-state index contributed by atoms with van der Waals surface area (Å²) in [5.74, 6) is 0.995. The Balaban J connectivity index is 2.05. The number of rotatable bonds is 5. The zero-order valence-corrected chi connectivity index (χ0v) is 13.8. The Morgan fingerprint density at radius 3 is 2.79 bits per heavy atom. The normalized spacial score (nSPS) is 12.4. The molecule has 0 aromatic carbocycles. The summed E-state index contributed by atoms with van der Waals surface area (Å²) in [5.41, 5.74) is 2.51. The van der Waals surface area contributed by atoms with Crippen molar-refractivity contribution < 1.29 is 0 Å². The van der Waals surface area contributed by atoms with Crippen LogP contribution in [0.1, 0.15) is 24.1 Å². The first-order chi connectivity index (χ1) is 9.10. The fraction of sp³-hybridized carbons (Fsp3) is 0.357. The Hall–Kier alpha value is -0.910. The number of nitrogens with zero attached hydrogens (tertiary/aromatic N) is 2. The van der Waals surface area contributed by atoms with E-state index in [1.165, 1.54) is 14.9 Å². The van der Waals surface area contributed by atoms with E-state index in [2.05, 4.69) is 68.7 Å². The topological polar surface area (TPSA) is 28.2 Å². The molecular formula is C14H18BrN3S. The minimum Gasteiger partial charge on any atom is -0.355 e. The maximum atomic E-state index is 4.53. The van der Waals surface area contributed by atoms with Gasteiger partial charge in [-0.15, -0.1) is 11.3 Å². The lowest BCUT2D eigenvalue weighted by Crippen LogP contribution is -2.18. The highest BCUT2D eigenvalue weighted by atomic mass is 79.9. The van der Waals surface area contributed by atoms with Gasteiger partial charge in [0.25, 0.3) is 0 Å². The van der Waals surface area contributed by atoms with Gasteiger partial charge in [-0.25, -0.2) is 4.98 Å². The van der Waals surface area contributed by atoms with Crippen molar-refractivity contribution in [1.29, 1.82) is 0 Å². The SMILES string of the molecule is CNC(C)c1ccc(N(C)Cc2csc(Br)c2)nc1. The van der Waals surface area contributed by atoms with E-state index in [0.29, 0.717) is 6.04 Å². The fourth-order valence-corrected chi connectivity index (χ4v) is 3.03. The number of nitrogens with one attached hydrogen (secondary N) is 1. The van der Waals surface area contributed by atoms with Gasteiger partial charge in [0.05, 0.1) is 3.79 Å². The van der Waals surface area contributed by atoms with Crippen LogP contribution in [0.25, 0.3) is 0 Å². The molecule has 0 fully saturated rings. The smallest absolute Gasteiger partial charge is 0.128 e. The first-order valence-electron chi connectivity index (χ1n) is 6.17. The summed E-state index contributed by atoms with van der Waals surface area (Å²) in [4.78, 5) is 6.68. The molecular weight excluding hydrogens is 322 g/mol. The molecule has 2 heterocycles. The second-order valence-corrected chi connectivity index (χ2v) is 6.87. The molecule has 19 heavy (non-hydrogen) atoms. The third kappa shape index (κ3) is 3.78. The maximum Gasteiger partial charge on any atom is 0.128 e. The number of aromatic nitrogens is 1. The standard InChI is InChI=1S/C14H18BrN3S/c1-10(16-2)12-4-5-14(17-7-12)18(3)8-11-6-13(15)19-9-11/h4-7,9-10,16H,8H2,1-3H3. The van der Waals surface area contributed by atoms with Crippen LogP contribution in [0.15, 0.2) is 33.6 Å². The number of hydrogen-bond donors (Lipinski definition) is 1. The second kappa shape index (κ2) is 6.50. The molecule has 0 saturated heterocycles. The van der Waals surface area contributed by atoms with Crippen molar-refractivity contribution in [3.63, 3.8) is 0 Å². The van der Waals surface area contributed by atoms with Crippen molar-refractivity contribution in [2.24, 2.45) is 0 Å². The third-order valence-electron chi connectivity index (χ3n) is 3.14. The van der Waals surface area contributed by atoms with Crippen LogP contribution in [0.5, 0.6) is 0 Å². The molecule has 1 atom stereocenters. The minimum atomic E-state index is 0.333. The van der Waals surface area contributed by atoms with E-state index in [4.69, 9.17) is 0 Å². The lowest BCUT2D eigenvalue weighted by atomic mass is 10.1. The lowest BCUT2D eigenvalue weighted by Gasteiger charge is -2.18. The van der Waals surface area contributed by atoms with E-state index in [0.717, 1.165) is 12.4 Å². The Labute approximate surface area is 126 Å². The second-order valence-electron chi connectivity index (χ2n) is 4.58. The van der Waals surface area contributed by atoms with Gasteiger partial charge in [0.2, 0.25) is 0 Å². The van der Waals surface area contributed by atoms with E-state index < -0.39 is 0 Å². The van der Waals surface area contributed by atoms with Gasteiger partial charge < -0.3 is 10.2 Å². The molecule has 2 aromatic heterocycles. The van der Waals surface area contributed by atoms with Crippen LogP contribution in [0, 0.1) is 0 Å². The molecule has 0 saturated carbocycles. The van der Waals surface area contributed by atoms with Crippen molar-refractivity contribution in [2.75, 3.05) is 19.0 Å². The van der Waals surface area contributed by atoms with Crippen LogP contribution >= 0.6 is 27.3 Å². The van der Waals surface area contributed by atoms with Gasteiger partial charge in [0.1, 0.15) is 5.82 Å². The number of hydrogen-bond acceptors (Lipinski definition) is 4. The van der Waals surface area contributed by atoms with E-state index in [1.54, 1.807) is 11.3 Å². The highest BCUT2D eigenvalue weighted by Crippen LogP contribution is 2.23. The first kappa shape index (κ1) is 14.5. The average Bonchev–Trinajstić information content (AvgIpc) is 2.83. The van der Waals surface area contributed by atoms with Gasteiger partial charge >= 0.3 is 0 Å². The summed E-state index contributed by atoms with van der Waals surface area (Å²) in [6.45, 7) is 3.00. The summed E-state index contributed by atoms with van der Waals surface area (Å²) < 4.78 is 1.17. The predicted molar refractivity (Wildman–Crippen MR) is 85.8 cm³/mol. The van der Waals surface area contributed by atoms with Crippen molar-refractivity contribution >= 4 is 33.1 Å². The molecule has 2 rings (SSSR count). The molecule has 0 amide bonds. The largest absolute Gasteiger partial charge is 0.355 e. The van der Waals surface area contributed by atoms with E-state index >= 15 is 0 Å². The quantitative estimate of drug-likeness (QED) is 0.897. The van der Waals surface area contributed by atoms with E-state index in [-0.39, 0.29) is 0 Å². The maximum absolute atomic E-state index is 4.53. The fourth-order valence-electron chi connectivity index (χ4n) is 1.83. The molecule has 0 radical (unpaired) electrons. The summed E-state index contributed by atoms with van der Waals surface area (Å²) in [6, 6.07) is 6.69. The van der Waals surface area contributed by atoms with E-state index in [9.17, 15) is 0 Å². The highest BCUT2D eigenvalue weighted by Gasteiger charge is 2.07. The average molecular weight is 340 g/mol. The number of thiophene rings is 1. The predicted octanol–water partition coefficient (Wildman–Crippen LogP) is 3.82. The molecule has 3 nitrogen and oxygen atoms in total. The molecule has 0 aliphatic rings. The highest BCUT2D eigenvalue weighted by molar-refractivity contribution is 9.11. The summed E-state index contributed by atoms with van der Waals surface area (Å²) >= 11 is 5.20. The van der Waals surface area contributed by atoms with Gasteiger partial charge in [-0.05, 0) is 58.5 Å². The third-order valence-corrected chi connectivity index (χ3v) is 4.69. The van der Waals surface area contributed by atoms with Gasteiger partial charge in [0.15, 0.2) is 0 Å². The molecule has 5 heteroatoms. The Morgan fingerprint density at radius 1 is 1.47 bits per heavy atom. The summed E-state index contributed by atoms with van der Waals surface area (Å²) in [6.07, 6.45) is 1.94. The molecule has 0 spiro atoms. The van der Waals surface area contributed by atoms with E-state index in [1.807, 2.05) is 13.2 Å². The molecule has 0 bridgehead atoms. The Kier molecular flexibility index (Phi) is 4.96. The Bertz CT molecular complexity index is 524. The summed E-state index contributed by atoms with van der Waals surface area (Å²) in [5, 5.41) is 5.38. The van der Waals surface area contributed by atoms with Crippen LogP contribution in [0.3, 0.4) is 0 Å². The number of halogens is 1. The van der Waals surface area contributed by atoms with Crippen LogP contribution in [0.4, 0.5) is 5.82 Å². The molecule has 2 aromatic rings. The van der Waals surface area contributed by atoms with Gasteiger partial charge in [-0.1, -0.05) is 6.07 Å². The van der Waals surface area contributed by atoms with Gasteiger partial charge in [0, 0.05) is 25.8 Å². The first-order valence-corrected chi connectivity index (χ1v) is 7.84. The number of pyridine rings is 1. The Morgan fingerprint density at radius 2 is 2.26 bits per heavy atom. The zero-order chi connectivity index (χ0) is 13.8. The van der Waals surface area contributed by atoms with Gasteiger partial charge in [-0.3, -0.25) is 0 Å². The monoisotopic (exact) mass is 339 g/mol.